The molecule has 2 rings (SSSR count). The Morgan fingerprint density at radius 2 is 2.09 bits per heavy atom. The Balaban J connectivity index is 2.13. The van der Waals surface area contributed by atoms with Crippen molar-refractivity contribution in [3.8, 4) is 17.5 Å². The van der Waals surface area contributed by atoms with Crippen molar-refractivity contribution in [2.45, 2.75) is 13.1 Å². The molecule has 0 aromatic carbocycles. The lowest BCUT2D eigenvalue weighted by molar-refractivity contribution is -0.145. The molecule has 10 heteroatoms. The van der Waals surface area contributed by atoms with Crippen molar-refractivity contribution in [3.63, 3.8) is 0 Å². The first-order chi connectivity index (χ1) is 10.8. The first-order valence-corrected chi connectivity index (χ1v) is 6.54. The van der Waals surface area contributed by atoms with E-state index in [1.54, 1.807) is 6.92 Å². The standard InChI is InChI=1S/C13H13F3N4O3/c1-3-22-10(21)7-23-12-18-11(20(2)19-12)9-5-4-8(6-17-9)13(14,15)16/h4-6H,3,7H2,1-2H3. The number of carbonyl (C=O) groups is 1. The van der Waals surface area contributed by atoms with Crippen LogP contribution in [0.1, 0.15) is 12.5 Å². The molecular weight excluding hydrogens is 317 g/mol. The maximum absolute atomic E-state index is 12.5. The van der Waals surface area contributed by atoms with Crippen LogP contribution in [-0.2, 0) is 22.8 Å². The molecular formula is C13H13F3N4O3. The lowest BCUT2D eigenvalue weighted by Gasteiger charge is -2.06. The van der Waals surface area contributed by atoms with Gasteiger partial charge in [-0.25, -0.2) is 9.48 Å². The van der Waals surface area contributed by atoms with Gasteiger partial charge in [-0.3, -0.25) is 4.98 Å². The quantitative estimate of drug-likeness (QED) is 0.778. The van der Waals surface area contributed by atoms with E-state index in [2.05, 4.69) is 19.8 Å². The number of alkyl halides is 3. The van der Waals surface area contributed by atoms with E-state index in [1.807, 2.05) is 0 Å². The fraction of sp³-hybridized carbons (Fsp3) is 0.385. The average Bonchev–Trinajstić information content (AvgIpc) is 2.86. The Morgan fingerprint density at radius 1 is 1.35 bits per heavy atom. The fourth-order valence-corrected chi connectivity index (χ4v) is 1.67. The number of nitrogens with zero attached hydrogens (tertiary/aromatic N) is 4. The smallest absolute Gasteiger partial charge is 0.417 e. The maximum Gasteiger partial charge on any atom is 0.417 e. The number of carbonyl (C=O) groups excluding carboxylic acids is 1. The average molecular weight is 330 g/mol. The highest BCUT2D eigenvalue weighted by Crippen LogP contribution is 2.29. The number of aryl methyl sites for hydroxylation is 1. The van der Waals surface area contributed by atoms with E-state index in [-0.39, 0.29) is 30.7 Å². The molecule has 0 N–H and O–H groups in total. The molecule has 0 saturated heterocycles. The number of rotatable bonds is 5. The van der Waals surface area contributed by atoms with E-state index < -0.39 is 17.7 Å². The van der Waals surface area contributed by atoms with Crippen molar-refractivity contribution < 1.29 is 27.4 Å². The van der Waals surface area contributed by atoms with Crippen LogP contribution in [0.25, 0.3) is 11.5 Å². The molecule has 0 aliphatic heterocycles. The molecule has 0 saturated carbocycles. The molecule has 124 valence electrons. The molecule has 23 heavy (non-hydrogen) atoms. The number of hydrogen-bond donors (Lipinski definition) is 0. The molecule has 0 atom stereocenters. The van der Waals surface area contributed by atoms with Crippen LogP contribution in [0.5, 0.6) is 6.01 Å². The monoisotopic (exact) mass is 330 g/mol. The van der Waals surface area contributed by atoms with E-state index in [9.17, 15) is 18.0 Å². The third-order valence-corrected chi connectivity index (χ3v) is 2.69. The predicted octanol–water partition coefficient (Wildman–Crippen LogP) is 1.84. The van der Waals surface area contributed by atoms with Crippen molar-refractivity contribution in [2.75, 3.05) is 13.2 Å². The van der Waals surface area contributed by atoms with Gasteiger partial charge in [0.2, 0.25) is 0 Å². The van der Waals surface area contributed by atoms with Gasteiger partial charge < -0.3 is 9.47 Å². The summed E-state index contributed by atoms with van der Waals surface area (Å²) in [5, 5.41) is 3.90. The van der Waals surface area contributed by atoms with Crippen molar-refractivity contribution in [1.29, 1.82) is 0 Å². The van der Waals surface area contributed by atoms with E-state index in [4.69, 9.17) is 4.74 Å². The van der Waals surface area contributed by atoms with Crippen LogP contribution in [0.4, 0.5) is 13.2 Å². The van der Waals surface area contributed by atoms with Gasteiger partial charge >= 0.3 is 18.2 Å². The minimum absolute atomic E-state index is 0.0998. The zero-order valence-corrected chi connectivity index (χ0v) is 12.3. The van der Waals surface area contributed by atoms with Crippen LogP contribution >= 0.6 is 0 Å². The second kappa shape index (κ2) is 6.63. The van der Waals surface area contributed by atoms with Gasteiger partial charge in [0.15, 0.2) is 12.4 Å². The molecule has 2 aromatic heterocycles. The minimum Gasteiger partial charge on any atom is -0.463 e. The Morgan fingerprint density at radius 3 is 2.65 bits per heavy atom. The summed E-state index contributed by atoms with van der Waals surface area (Å²) in [6.07, 6.45) is -3.75. The summed E-state index contributed by atoms with van der Waals surface area (Å²) in [5.41, 5.74) is -0.666. The molecule has 0 aliphatic carbocycles. The molecule has 7 nitrogen and oxygen atoms in total. The molecule has 0 amide bonds. The summed E-state index contributed by atoms with van der Waals surface area (Å²) in [5.74, 6) is -0.369. The van der Waals surface area contributed by atoms with Crippen LogP contribution < -0.4 is 4.74 Å². The molecule has 2 aromatic rings. The zero-order valence-electron chi connectivity index (χ0n) is 12.3. The summed E-state index contributed by atoms with van der Waals surface area (Å²) >= 11 is 0. The van der Waals surface area contributed by atoms with Gasteiger partial charge in [0, 0.05) is 13.2 Å². The van der Waals surface area contributed by atoms with Gasteiger partial charge in [-0.2, -0.15) is 18.2 Å². The normalized spacial score (nSPS) is 11.3. The van der Waals surface area contributed by atoms with Crippen LogP contribution in [0, 0.1) is 0 Å². The fourth-order valence-electron chi connectivity index (χ4n) is 1.67. The van der Waals surface area contributed by atoms with Gasteiger partial charge in [-0.15, -0.1) is 5.10 Å². The zero-order chi connectivity index (χ0) is 17.0. The summed E-state index contributed by atoms with van der Waals surface area (Å²) in [6, 6.07) is 1.98. The maximum atomic E-state index is 12.5. The second-order valence-corrected chi connectivity index (χ2v) is 4.37. The highest BCUT2D eigenvalue weighted by molar-refractivity contribution is 5.70. The third-order valence-electron chi connectivity index (χ3n) is 2.69. The van der Waals surface area contributed by atoms with Gasteiger partial charge in [0.05, 0.1) is 12.2 Å². The van der Waals surface area contributed by atoms with Crippen LogP contribution in [0.15, 0.2) is 18.3 Å². The summed E-state index contributed by atoms with van der Waals surface area (Å²) in [4.78, 5) is 18.9. The third kappa shape index (κ3) is 4.18. The molecule has 0 aliphatic rings. The van der Waals surface area contributed by atoms with Gasteiger partial charge in [-0.05, 0) is 19.1 Å². The van der Waals surface area contributed by atoms with Crippen molar-refractivity contribution in [2.24, 2.45) is 7.05 Å². The number of halogens is 3. The highest BCUT2D eigenvalue weighted by Gasteiger charge is 2.30. The summed E-state index contributed by atoms with van der Waals surface area (Å²) in [6.45, 7) is 1.52. The Kier molecular flexibility index (Phi) is 4.82. The lowest BCUT2D eigenvalue weighted by atomic mass is 10.2. The van der Waals surface area contributed by atoms with Gasteiger partial charge in [0.1, 0.15) is 5.69 Å². The molecule has 0 spiro atoms. The minimum atomic E-state index is -4.46. The first-order valence-electron chi connectivity index (χ1n) is 6.54. The second-order valence-electron chi connectivity index (χ2n) is 4.37. The molecule has 0 fully saturated rings. The number of hydrogen-bond acceptors (Lipinski definition) is 6. The first kappa shape index (κ1) is 16.7. The van der Waals surface area contributed by atoms with Crippen molar-refractivity contribution >= 4 is 5.97 Å². The Bertz CT molecular complexity index is 683. The van der Waals surface area contributed by atoms with Crippen molar-refractivity contribution in [3.05, 3.63) is 23.9 Å². The van der Waals surface area contributed by atoms with E-state index in [1.165, 1.54) is 17.8 Å². The van der Waals surface area contributed by atoms with Crippen LogP contribution in [0.2, 0.25) is 0 Å². The van der Waals surface area contributed by atoms with E-state index in [0.29, 0.717) is 6.20 Å². The van der Waals surface area contributed by atoms with Crippen LogP contribution in [-0.4, -0.2) is 38.9 Å². The summed E-state index contributed by atoms with van der Waals surface area (Å²) in [7, 11) is 1.53. The Labute approximate surface area is 129 Å². The molecule has 0 bridgehead atoms. The van der Waals surface area contributed by atoms with Crippen LogP contribution in [0.3, 0.4) is 0 Å². The Hall–Kier alpha value is -2.65. The number of pyridine rings is 1. The molecule has 0 unspecified atom stereocenters. The number of ether oxygens (including phenoxy) is 2. The largest absolute Gasteiger partial charge is 0.463 e. The number of esters is 1. The SMILES string of the molecule is CCOC(=O)COc1nc(-c2ccc(C(F)(F)F)cn2)n(C)n1. The summed E-state index contributed by atoms with van der Waals surface area (Å²) < 4.78 is 48.6. The number of aromatic nitrogens is 4. The highest BCUT2D eigenvalue weighted by atomic mass is 19.4. The van der Waals surface area contributed by atoms with Gasteiger partial charge in [-0.1, -0.05) is 0 Å². The van der Waals surface area contributed by atoms with E-state index in [0.717, 1.165) is 6.07 Å². The molecule has 2 heterocycles. The lowest BCUT2D eigenvalue weighted by Crippen LogP contribution is -2.15. The van der Waals surface area contributed by atoms with Crippen molar-refractivity contribution in [1.82, 2.24) is 19.7 Å². The predicted molar refractivity (Wildman–Crippen MR) is 71.4 cm³/mol. The topological polar surface area (TPSA) is 79.1 Å². The molecule has 0 radical (unpaired) electrons. The van der Waals surface area contributed by atoms with E-state index >= 15 is 0 Å². The van der Waals surface area contributed by atoms with Gasteiger partial charge in [0.25, 0.3) is 0 Å².